The van der Waals surface area contributed by atoms with E-state index in [4.69, 9.17) is 21.4 Å². The summed E-state index contributed by atoms with van der Waals surface area (Å²) in [5.74, 6) is -0.531. The minimum Gasteiger partial charge on any atom is -0.497 e. The van der Waals surface area contributed by atoms with Crippen LogP contribution < -0.4 is 9.75 Å². The average Bonchev–Trinajstić information content (AvgIpc) is 2.35. The molecule has 5 nitrogen and oxygen atoms in total. The molecule has 0 atom stereocenters. The quantitative estimate of drug-likeness (QED) is 0.648. The van der Waals surface area contributed by atoms with E-state index in [1.165, 1.54) is 5.01 Å². The number of hydrazone groups is 1. The van der Waals surface area contributed by atoms with E-state index in [2.05, 4.69) is 5.10 Å². The highest BCUT2D eigenvalue weighted by molar-refractivity contribution is 6.81. The van der Waals surface area contributed by atoms with Crippen molar-refractivity contribution in [1.82, 2.24) is 0 Å². The fourth-order valence-electron chi connectivity index (χ4n) is 1.21. The second kappa shape index (κ2) is 6.10. The number of anilines is 1. The van der Waals surface area contributed by atoms with Crippen molar-refractivity contribution >= 4 is 28.4 Å². The van der Waals surface area contributed by atoms with Crippen molar-refractivity contribution in [2.45, 2.75) is 6.92 Å². The lowest BCUT2D eigenvalue weighted by molar-refractivity contribution is -0.129. The van der Waals surface area contributed by atoms with Gasteiger partial charge in [0, 0.05) is 6.54 Å². The molecule has 1 rings (SSSR count). The molecule has 0 saturated heterocycles. The Morgan fingerprint density at radius 2 is 2.06 bits per heavy atom. The Bertz CT molecular complexity index is 417. The number of carbonyl (C=O) groups is 1. The molecule has 92 valence electrons. The van der Waals surface area contributed by atoms with Crippen LogP contribution in [0.4, 0.5) is 5.69 Å². The van der Waals surface area contributed by atoms with Gasteiger partial charge in [0.25, 0.3) is 0 Å². The van der Waals surface area contributed by atoms with Crippen molar-refractivity contribution in [3.05, 3.63) is 24.3 Å². The summed E-state index contributed by atoms with van der Waals surface area (Å²) in [6, 6.07) is 7.08. The molecule has 0 unspecified atom stereocenters. The lowest BCUT2D eigenvalue weighted by atomic mass is 10.3. The van der Waals surface area contributed by atoms with Crippen LogP contribution >= 0.6 is 11.6 Å². The monoisotopic (exact) mass is 256 g/mol. The van der Waals surface area contributed by atoms with Crippen molar-refractivity contribution in [2.75, 3.05) is 18.7 Å². The van der Waals surface area contributed by atoms with Gasteiger partial charge < -0.3 is 9.84 Å². The second-order valence-corrected chi connectivity index (χ2v) is 3.47. The maximum Gasteiger partial charge on any atom is 0.368 e. The Hall–Kier alpha value is -1.75. The van der Waals surface area contributed by atoms with Crippen molar-refractivity contribution in [3.8, 4) is 5.75 Å². The Kier molecular flexibility index (Phi) is 4.78. The van der Waals surface area contributed by atoms with Gasteiger partial charge in [-0.15, -0.1) is 0 Å². The third kappa shape index (κ3) is 3.64. The van der Waals surface area contributed by atoms with Gasteiger partial charge in [0.15, 0.2) is 0 Å². The Morgan fingerprint density at radius 3 is 2.47 bits per heavy atom. The van der Waals surface area contributed by atoms with Gasteiger partial charge in [-0.2, -0.15) is 5.10 Å². The first-order chi connectivity index (χ1) is 8.08. The van der Waals surface area contributed by atoms with Gasteiger partial charge in [-0.3, -0.25) is 5.01 Å². The number of carboxylic acids is 1. The van der Waals surface area contributed by atoms with E-state index in [-0.39, 0.29) is 0 Å². The van der Waals surface area contributed by atoms with Crippen LogP contribution in [0.1, 0.15) is 6.92 Å². The minimum atomic E-state index is -1.25. The van der Waals surface area contributed by atoms with Crippen molar-refractivity contribution in [2.24, 2.45) is 5.10 Å². The van der Waals surface area contributed by atoms with Crippen LogP contribution in [0.5, 0.6) is 5.75 Å². The number of ether oxygens (including phenoxy) is 1. The Balaban J connectivity index is 2.93. The number of carboxylic acid groups (broad SMARTS) is 1. The molecule has 17 heavy (non-hydrogen) atoms. The van der Waals surface area contributed by atoms with Gasteiger partial charge in [0.05, 0.1) is 12.8 Å². The van der Waals surface area contributed by atoms with Crippen LogP contribution in [0.3, 0.4) is 0 Å². The van der Waals surface area contributed by atoms with E-state index in [0.717, 1.165) is 11.4 Å². The molecule has 0 amide bonds. The van der Waals surface area contributed by atoms with Gasteiger partial charge in [0.1, 0.15) is 5.75 Å². The molecule has 0 heterocycles. The van der Waals surface area contributed by atoms with E-state index in [1.807, 2.05) is 6.92 Å². The molecule has 0 aliphatic carbocycles. The molecule has 0 aliphatic rings. The first-order valence-electron chi connectivity index (χ1n) is 4.97. The maximum absolute atomic E-state index is 10.6. The molecular formula is C11H13ClN2O3. The minimum absolute atomic E-state index is 0.470. The lowest BCUT2D eigenvalue weighted by Gasteiger charge is -2.17. The number of benzene rings is 1. The van der Waals surface area contributed by atoms with Crippen LogP contribution in [-0.4, -0.2) is 29.9 Å². The summed E-state index contributed by atoms with van der Waals surface area (Å²) in [7, 11) is 1.58. The fourth-order valence-corrected chi connectivity index (χ4v) is 1.31. The summed E-state index contributed by atoms with van der Waals surface area (Å²) in [6.07, 6.45) is 0. The van der Waals surface area contributed by atoms with E-state index in [1.54, 1.807) is 31.4 Å². The van der Waals surface area contributed by atoms with Crippen LogP contribution in [0.25, 0.3) is 0 Å². The molecule has 0 saturated carbocycles. The average molecular weight is 257 g/mol. The van der Waals surface area contributed by atoms with Gasteiger partial charge in [0.2, 0.25) is 5.17 Å². The maximum atomic E-state index is 10.6. The summed E-state index contributed by atoms with van der Waals surface area (Å²) < 4.78 is 5.03. The number of nitrogens with zero attached hydrogens (tertiary/aromatic N) is 2. The number of methoxy groups -OCH3 is 1. The summed E-state index contributed by atoms with van der Waals surface area (Å²) >= 11 is 5.48. The molecular weight excluding hydrogens is 244 g/mol. The lowest BCUT2D eigenvalue weighted by Crippen LogP contribution is -2.19. The number of hydrogen-bond acceptors (Lipinski definition) is 4. The molecule has 0 spiro atoms. The molecule has 1 N–H and O–H groups in total. The molecule has 1 aromatic carbocycles. The highest BCUT2D eigenvalue weighted by Crippen LogP contribution is 2.19. The second-order valence-electron chi connectivity index (χ2n) is 3.11. The largest absolute Gasteiger partial charge is 0.497 e. The number of halogens is 1. The highest BCUT2D eigenvalue weighted by atomic mass is 35.5. The van der Waals surface area contributed by atoms with Crippen LogP contribution in [0, 0.1) is 0 Å². The van der Waals surface area contributed by atoms with Crippen molar-refractivity contribution in [3.63, 3.8) is 0 Å². The SMILES string of the molecule is CCN(/N=C(\Cl)C(=O)O)c1ccc(OC)cc1. The molecule has 6 heteroatoms. The van der Waals surface area contributed by atoms with Gasteiger partial charge >= 0.3 is 5.97 Å². The first kappa shape index (κ1) is 13.3. The molecule has 1 aromatic rings. The fraction of sp³-hybridized carbons (Fsp3) is 0.273. The standard InChI is InChI=1S/C11H13ClN2O3/c1-3-14(13-10(12)11(15)16)8-4-6-9(17-2)7-5-8/h4-7H,3H2,1-2H3,(H,15,16)/b13-10-. The molecule has 0 aromatic heterocycles. The van der Waals surface area contributed by atoms with Gasteiger partial charge in [-0.1, -0.05) is 11.6 Å². The van der Waals surface area contributed by atoms with Crippen LogP contribution in [-0.2, 0) is 4.79 Å². The smallest absolute Gasteiger partial charge is 0.368 e. The van der Waals surface area contributed by atoms with E-state index in [0.29, 0.717) is 6.54 Å². The number of aliphatic carboxylic acids is 1. The molecule has 0 aliphatic heterocycles. The summed E-state index contributed by atoms with van der Waals surface area (Å²) in [6.45, 7) is 2.36. The summed E-state index contributed by atoms with van der Waals surface area (Å²) in [5, 5.41) is 13.5. The summed E-state index contributed by atoms with van der Waals surface area (Å²) in [4.78, 5) is 10.6. The third-order valence-corrected chi connectivity index (χ3v) is 2.29. The van der Waals surface area contributed by atoms with E-state index in [9.17, 15) is 4.79 Å². The molecule has 0 fully saturated rings. The number of hydrogen-bond donors (Lipinski definition) is 1. The molecule has 0 radical (unpaired) electrons. The van der Waals surface area contributed by atoms with Crippen molar-refractivity contribution in [1.29, 1.82) is 0 Å². The van der Waals surface area contributed by atoms with E-state index >= 15 is 0 Å². The zero-order valence-electron chi connectivity index (χ0n) is 9.55. The summed E-state index contributed by atoms with van der Waals surface area (Å²) in [5.41, 5.74) is 0.743. The third-order valence-electron chi connectivity index (χ3n) is 2.05. The van der Waals surface area contributed by atoms with Gasteiger partial charge in [-0.25, -0.2) is 4.79 Å². The first-order valence-corrected chi connectivity index (χ1v) is 5.35. The normalized spacial score (nSPS) is 11.1. The van der Waals surface area contributed by atoms with Crippen LogP contribution in [0.15, 0.2) is 29.4 Å². The van der Waals surface area contributed by atoms with Crippen molar-refractivity contribution < 1.29 is 14.6 Å². The predicted molar refractivity (Wildman–Crippen MR) is 66.9 cm³/mol. The zero-order chi connectivity index (χ0) is 12.8. The van der Waals surface area contributed by atoms with E-state index < -0.39 is 11.1 Å². The van der Waals surface area contributed by atoms with Crippen LogP contribution in [0.2, 0.25) is 0 Å². The van der Waals surface area contributed by atoms with Gasteiger partial charge in [-0.05, 0) is 31.2 Å². The molecule has 0 bridgehead atoms. The number of rotatable bonds is 5. The Labute approximate surface area is 104 Å². The predicted octanol–water partition coefficient (Wildman–Crippen LogP) is 2.16. The topological polar surface area (TPSA) is 62.1 Å². The zero-order valence-corrected chi connectivity index (χ0v) is 10.3. The highest BCUT2D eigenvalue weighted by Gasteiger charge is 2.09. The Morgan fingerprint density at radius 1 is 1.47 bits per heavy atom.